The van der Waals surface area contributed by atoms with Gasteiger partial charge in [0.1, 0.15) is 6.54 Å². The largest absolute Gasteiger partial charge is 0.468 e. The molecule has 0 atom stereocenters. The van der Waals surface area contributed by atoms with E-state index in [0.717, 1.165) is 11.3 Å². The molecule has 0 saturated heterocycles. The normalized spacial score (nSPS) is 10.9. The number of fused-ring (bicyclic) bond motifs is 1. The van der Waals surface area contributed by atoms with Crippen LogP contribution < -0.4 is 5.56 Å². The number of esters is 1. The highest BCUT2D eigenvalue weighted by Crippen LogP contribution is 2.23. The Morgan fingerprint density at radius 2 is 1.90 bits per heavy atom. The van der Waals surface area contributed by atoms with Crippen LogP contribution in [0.15, 0.2) is 76.9 Å². The van der Waals surface area contributed by atoms with Gasteiger partial charge in [-0.1, -0.05) is 36.0 Å². The van der Waals surface area contributed by atoms with Crippen LogP contribution in [0.1, 0.15) is 5.56 Å². The summed E-state index contributed by atoms with van der Waals surface area (Å²) in [5.74, 6) is 0.111. The van der Waals surface area contributed by atoms with E-state index in [4.69, 9.17) is 4.74 Å². The zero-order valence-electron chi connectivity index (χ0n) is 15.7. The topological polar surface area (TPSA) is 79.0 Å². The Bertz CT molecular complexity index is 1200. The second kappa shape index (κ2) is 8.32. The maximum absolute atomic E-state index is 12.9. The van der Waals surface area contributed by atoms with E-state index < -0.39 is 5.97 Å². The minimum atomic E-state index is -0.491. The Morgan fingerprint density at radius 1 is 1.10 bits per heavy atom. The van der Waals surface area contributed by atoms with Gasteiger partial charge >= 0.3 is 5.97 Å². The highest BCUT2D eigenvalue weighted by Gasteiger charge is 2.15. The summed E-state index contributed by atoms with van der Waals surface area (Å²) in [5, 5.41) is 5.17. The van der Waals surface area contributed by atoms with Crippen molar-refractivity contribution in [3.05, 3.63) is 82.9 Å². The quantitative estimate of drug-likeness (QED) is 0.278. The first-order chi connectivity index (χ1) is 14.2. The van der Waals surface area contributed by atoms with Gasteiger partial charge in [-0.05, 0) is 35.9 Å². The molecule has 0 aliphatic rings. The Kier molecular flexibility index (Phi) is 5.44. The summed E-state index contributed by atoms with van der Waals surface area (Å²) in [4.78, 5) is 29.3. The van der Waals surface area contributed by atoms with Crippen LogP contribution in [-0.4, -0.2) is 32.4 Å². The van der Waals surface area contributed by atoms with Crippen molar-refractivity contribution in [1.29, 1.82) is 0 Å². The van der Waals surface area contributed by atoms with Crippen molar-refractivity contribution in [1.82, 2.24) is 19.3 Å². The molecular weight excluding hydrogens is 388 g/mol. The number of hydrogen-bond acceptors (Lipinski definition) is 6. The molecule has 7 nitrogen and oxygen atoms in total. The van der Waals surface area contributed by atoms with E-state index in [0.29, 0.717) is 21.8 Å². The van der Waals surface area contributed by atoms with Gasteiger partial charge in [0, 0.05) is 18.1 Å². The third kappa shape index (κ3) is 4.07. The lowest BCUT2D eigenvalue weighted by Crippen LogP contribution is -2.27. The molecule has 2 aromatic carbocycles. The number of hydrogen-bond donors (Lipinski definition) is 0. The van der Waals surface area contributed by atoms with Crippen molar-refractivity contribution >= 4 is 28.6 Å². The predicted octanol–water partition coefficient (Wildman–Crippen LogP) is 3.05. The van der Waals surface area contributed by atoms with Gasteiger partial charge < -0.3 is 4.74 Å². The lowest BCUT2D eigenvalue weighted by Gasteiger charge is -2.12. The van der Waals surface area contributed by atoms with E-state index in [2.05, 4.69) is 10.1 Å². The average molecular weight is 406 g/mol. The zero-order chi connectivity index (χ0) is 20.2. The van der Waals surface area contributed by atoms with Gasteiger partial charge in [-0.2, -0.15) is 5.10 Å². The van der Waals surface area contributed by atoms with Crippen LogP contribution in [0, 0.1) is 0 Å². The molecule has 0 N–H and O–H groups in total. The molecule has 0 aliphatic heterocycles. The van der Waals surface area contributed by atoms with E-state index in [9.17, 15) is 9.59 Å². The van der Waals surface area contributed by atoms with Crippen LogP contribution in [0.4, 0.5) is 0 Å². The summed E-state index contributed by atoms with van der Waals surface area (Å²) in [6, 6.07) is 17.0. The number of aromatic nitrogens is 4. The third-order valence-corrected chi connectivity index (χ3v) is 5.46. The van der Waals surface area contributed by atoms with Gasteiger partial charge in [0.2, 0.25) is 0 Å². The molecule has 0 fully saturated rings. The Morgan fingerprint density at radius 3 is 2.62 bits per heavy atom. The number of para-hydroxylation sites is 1. The summed E-state index contributed by atoms with van der Waals surface area (Å²) in [7, 11) is 1.30. The van der Waals surface area contributed by atoms with Crippen LogP contribution in [0.5, 0.6) is 0 Å². The number of thioether (sulfide) groups is 1. The predicted molar refractivity (Wildman–Crippen MR) is 111 cm³/mol. The van der Waals surface area contributed by atoms with E-state index in [1.807, 2.05) is 42.6 Å². The van der Waals surface area contributed by atoms with Crippen molar-refractivity contribution in [3.8, 4) is 5.69 Å². The standard InChI is InChI=1S/C21H18N4O3S/c1-28-19(26)13-24-20(27)17-5-2-3-6-18(17)23-21(24)29-14-15-7-9-16(10-8-15)25-12-4-11-22-25/h2-12H,13-14H2,1H3. The molecule has 0 aliphatic carbocycles. The first-order valence-corrected chi connectivity index (χ1v) is 9.92. The van der Waals surface area contributed by atoms with Gasteiger partial charge in [-0.3, -0.25) is 14.2 Å². The van der Waals surface area contributed by atoms with Crippen LogP contribution in [0.3, 0.4) is 0 Å². The second-order valence-corrected chi connectivity index (χ2v) is 7.23. The van der Waals surface area contributed by atoms with E-state index in [-0.39, 0.29) is 12.1 Å². The number of carbonyl (C=O) groups is 1. The van der Waals surface area contributed by atoms with E-state index >= 15 is 0 Å². The number of ether oxygens (including phenoxy) is 1. The SMILES string of the molecule is COC(=O)Cn1c(SCc2ccc(-n3cccn3)cc2)nc2ccccc2c1=O. The molecular formula is C21H18N4O3S. The third-order valence-electron chi connectivity index (χ3n) is 4.41. The average Bonchev–Trinajstić information content (AvgIpc) is 3.29. The number of carbonyl (C=O) groups excluding carboxylic acids is 1. The van der Waals surface area contributed by atoms with Crippen molar-refractivity contribution in [2.45, 2.75) is 17.5 Å². The molecule has 4 rings (SSSR count). The van der Waals surface area contributed by atoms with Gasteiger partial charge in [0.05, 0.1) is 23.7 Å². The minimum absolute atomic E-state index is 0.173. The summed E-state index contributed by atoms with van der Waals surface area (Å²) >= 11 is 1.41. The number of methoxy groups -OCH3 is 1. The lowest BCUT2D eigenvalue weighted by atomic mass is 10.2. The van der Waals surface area contributed by atoms with Crippen LogP contribution in [0.2, 0.25) is 0 Å². The van der Waals surface area contributed by atoms with E-state index in [1.54, 1.807) is 29.1 Å². The van der Waals surface area contributed by atoms with Crippen molar-refractivity contribution in [3.63, 3.8) is 0 Å². The maximum Gasteiger partial charge on any atom is 0.325 e. The number of rotatable bonds is 6. The molecule has 0 saturated carbocycles. The fraction of sp³-hybridized carbons (Fsp3) is 0.143. The monoisotopic (exact) mass is 406 g/mol. The maximum atomic E-state index is 12.9. The first kappa shape index (κ1) is 18.9. The fourth-order valence-corrected chi connectivity index (χ4v) is 3.86. The molecule has 8 heteroatoms. The molecule has 0 bridgehead atoms. The molecule has 0 radical (unpaired) electrons. The summed E-state index contributed by atoms with van der Waals surface area (Å²) in [6.07, 6.45) is 3.62. The minimum Gasteiger partial charge on any atom is -0.468 e. The number of nitrogens with zero attached hydrogens (tertiary/aromatic N) is 4. The molecule has 0 unspecified atom stereocenters. The van der Waals surface area contributed by atoms with E-state index in [1.165, 1.54) is 23.4 Å². The van der Waals surface area contributed by atoms with Gasteiger partial charge in [-0.25, -0.2) is 9.67 Å². The molecule has 146 valence electrons. The van der Waals surface area contributed by atoms with Gasteiger partial charge in [0.15, 0.2) is 5.16 Å². The molecule has 29 heavy (non-hydrogen) atoms. The molecule has 0 amide bonds. The first-order valence-electron chi connectivity index (χ1n) is 8.94. The van der Waals surface area contributed by atoms with Crippen molar-refractivity contribution in [2.24, 2.45) is 0 Å². The highest BCUT2D eigenvalue weighted by molar-refractivity contribution is 7.98. The molecule has 0 spiro atoms. The van der Waals surface area contributed by atoms with Gasteiger partial charge in [-0.15, -0.1) is 0 Å². The fourth-order valence-electron chi connectivity index (χ4n) is 2.91. The summed E-state index contributed by atoms with van der Waals surface area (Å²) in [6.45, 7) is -0.173. The van der Waals surface area contributed by atoms with Crippen LogP contribution in [0.25, 0.3) is 16.6 Å². The lowest BCUT2D eigenvalue weighted by molar-refractivity contribution is -0.141. The molecule has 4 aromatic rings. The second-order valence-electron chi connectivity index (χ2n) is 6.28. The van der Waals surface area contributed by atoms with Crippen molar-refractivity contribution < 1.29 is 9.53 Å². The molecule has 2 aromatic heterocycles. The van der Waals surface area contributed by atoms with Crippen LogP contribution >= 0.6 is 11.8 Å². The van der Waals surface area contributed by atoms with Crippen molar-refractivity contribution in [2.75, 3.05) is 7.11 Å². The molecule has 2 heterocycles. The Hall–Kier alpha value is -3.39. The zero-order valence-corrected chi connectivity index (χ0v) is 16.5. The number of benzene rings is 2. The smallest absolute Gasteiger partial charge is 0.325 e. The summed E-state index contributed by atoms with van der Waals surface area (Å²) in [5.41, 5.74) is 2.39. The van der Waals surface area contributed by atoms with Crippen LogP contribution in [-0.2, 0) is 21.8 Å². The Labute approximate surface area is 171 Å². The summed E-state index contributed by atoms with van der Waals surface area (Å²) < 4.78 is 7.90. The highest BCUT2D eigenvalue weighted by atomic mass is 32.2. The Balaban J connectivity index is 1.62. The van der Waals surface area contributed by atoms with Gasteiger partial charge in [0.25, 0.3) is 5.56 Å².